The van der Waals surface area contributed by atoms with Gasteiger partial charge in [-0.1, -0.05) is 26.7 Å². The van der Waals surface area contributed by atoms with E-state index in [1.54, 1.807) is 13.8 Å². The van der Waals surface area contributed by atoms with E-state index in [2.05, 4.69) is 0 Å². The van der Waals surface area contributed by atoms with E-state index in [1.807, 2.05) is 0 Å². The summed E-state index contributed by atoms with van der Waals surface area (Å²) in [6, 6.07) is 0.0276. The van der Waals surface area contributed by atoms with E-state index >= 15 is 0 Å². The van der Waals surface area contributed by atoms with Crippen LogP contribution in [0.2, 0.25) is 0 Å². The molecule has 2 aliphatic rings. The zero-order chi connectivity index (χ0) is 31.7. The highest BCUT2D eigenvalue weighted by Gasteiger charge is 2.70. The van der Waals surface area contributed by atoms with Crippen LogP contribution in [-0.4, -0.2) is 59.4 Å². The van der Waals surface area contributed by atoms with Crippen LogP contribution in [0, 0.1) is 0 Å². The summed E-state index contributed by atoms with van der Waals surface area (Å²) >= 11 is 0. The number of carbonyl (C=O) groups is 6. The highest BCUT2D eigenvalue weighted by molar-refractivity contribution is 6.25. The maximum absolute atomic E-state index is 14.0. The Morgan fingerprint density at radius 3 is 1.26 bits per heavy atom. The second-order valence-electron chi connectivity index (χ2n) is 9.46. The quantitative estimate of drug-likeness (QED) is 0.236. The molecule has 2 fully saturated rings. The Morgan fingerprint density at radius 2 is 1.00 bits per heavy atom. The first-order valence-electron chi connectivity index (χ1n) is 12.6. The fraction of sp³-hybridized carbons (Fsp3) is 0.500. The van der Waals surface area contributed by atoms with Crippen LogP contribution in [0.1, 0.15) is 52.4 Å². The second-order valence-corrected chi connectivity index (χ2v) is 9.46. The van der Waals surface area contributed by atoms with Gasteiger partial charge in [0.25, 0.3) is 23.1 Å². The lowest BCUT2D eigenvalue weighted by Crippen LogP contribution is -2.69. The Labute approximate surface area is 234 Å². The molecule has 1 aromatic carbocycles. The molecule has 4 N–H and O–H groups in total. The van der Waals surface area contributed by atoms with E-state index in [1.165, 1.54) is 21.3 Å². The standard InChI is InChI=1S/C24H26F6N6O6/c1-3-5-7-15(37)31-21(23(25,26)27)17(39)35(19(41)33-21)13-9-11-14(12-10-13)36-18(40)22(24(28,29)30,34-20(36)42)32-16(38)8-6-4-2/h9-12H,3-8H2,1-2H3,(H,31,37)(H,32,38)(H,33,41)(H,34,42). The fourth-order valence-electron chi connectivity index (χ4n) is 4.19. The van der Waals surface area contributed by atoms with Crippen molar-refractivity contribution in [3.63, 3.8) is 0 Å². The van der Waals surface area contributed by atoms with E-state index in [4.69, 9.17) is 0 Å². The highest BCUT2D eigenvalue weighted by Crippen LogP contribution is 2.38. The van der Waals surface area contributed by atoms with Gasteiger partial charge in [0.15, 0.2) is 0 Å². The van der Waals surface area contributed by atoms with Gasteiger partial charge >= 0.3 is 24.4 Å². The van der Waals surface area contributed by atoms with Crippen LogP contribution in [0.4, 0.5) is 47.3 Å². The third kappa shape index (κ3) is 5.56. The summed E-state index contributed by atoms with van der Waals surface area (Å²) in [5.41, 5.74) is -8.64. The summed E-state index contributed by atoms with van der Waals surface area (Å²) in [5.74, 6) is -6.15. The fourth-order valence-corrected chi connectivity index (χ4v) is 4.19. The van der Waals surface area contributed by atoms with Crippen molar-refractivity contribution < 1.29 is 55.1 Å². The minimum atomic E-state index is -5.47. The summed E-state index contributed by atoms with van der Waals surface area (Å²) in [5, 5.41) is 5.95. The lowest BCUT2D eigenvalue weighted by Gasteiger charge is -2.30. The van der Waals surface area contributed by atoms with Crippen LogP contribution in [0.25, 0.3) is 0 Å². The number of rotatable bonds is 10. The van der Waals surface area contributed by atoms with E-state index < -0.39 is 70.7 Å². The van der Waals surface area contributed by atoms with Crippen LogP contribution >= 0.6 is 0 Å². The number of carbonyl (C=O) groups excluding carboxylic acids is 6. The molecule has 0 aromatic heterocycles. The van der Waals surface area contributed by atoms with Crippen LogP contribution in [-0.2, 0) is 19.2 Å². The Kier molecular flexibility index (Phi) is 8.78. The molecule has 230 valence electrons. The summed E-state index contributed by atoms with van der Waals surface area (Å²) in [7, 11) is 0. The molecule has 2 atom stereocenters. The van der Waals surface area contributed by atoms with Crippen LogP contribution in [0.5, 0.6) is 0 Å². The van der Waals surface area contributed by atoms with E-state index in [-0.39, 0.29) is 35.5 Å². The van der Waals surface area contributed by atoms with E-state index in [0.29, 0.717) is 12.8 Å². The number of alkyl halides is 6. The zero-order valence-corrected chi connectivity index (χ0v) is 22.2. The number of urea groups is 2. The summed E-state index contributed by atoms with van der Waals surface area (Å²) < 4.78 is 84.0. The molecule has 12 nitrogen and oxygen atoms in total. The molecule has 2 aliphatic heterocycles. The van der Waals surface area contributed by atoms with Crippen LogP contribution < -0.4 is 31.1 Å². The number of unbranched alkanes of at least 4 members (excludes halogenated alkanes) is 2. The monoisotopic (exact) mass is 608 g/mol. The first-order valence-corrected chi connectivity index (χ1v) is 12.6. The summed E-state index contributed by atoms with van der Waals surface area (Å²) in [4.78, 5) is 75.1. The van der Waals surface area contributed by atoms with Gasteiger partial charge in [0, 0.05) is 12.8 Å². The number of hydrogen-bond donors (Lipinski definition) is 4. The van der Waals surface area contributed by atoms with Crippen molar-refractivity contribution >= 4 is 47.1 Å². The second kappa shape index (κ2) is 11.5. The molecule has 1 aromatic rings. The first kappa shape index (κ1) is 32.1. The number of imide groups is 2. The van der Waals surface area contributed by atoms with Gasteiger partial charge < -0.3 is 10.6 Å². The molecule has 0 saturated carbocycles. The third-order valence-electron chi connectivity index (χ3n) is 6.43. The van der Waals surface area contributed by atoms with E-state index in [9.17, 15) is 55.1 Å². The molecule has 0 aliphatic carbocycles. The molecule has 18 heteroatoms. The van der Waals surface area contributed by atoms with Crippen molar-refractivity contribution in [3.05, 3.63) is 24.3 Å². The molecule has 2 saturated heterocycles. The number of amides is 8. The molecule has 0 spiro atoms. The van der Waals surface area contributed by atoms with Gasteiger partial charge in [0.2, 0.25) is 11.8 Å². The molecular formula is C24H26F6N6O6. The van der Waals surface area contributed by atoms with Gasteiger partial charge in [0.1, 0.15) is 0 Å². The molecule has 2 unspecified atom stereocenters. The topological polar surface area (TPSA) is 157 Å². The number of nitrogens with one attached hydrogen (secondary N) is 4. The van der Waals surface area contributed by atoms with Crippen LogP contribution in [0.15, 0.2) is 24.3 Å². The van der Waals surface area contributed by atoms with Gasteiger partial charge in [-0.25, -0.2) is 19.4 Å². The minimum Gasteiger partial charge on any atom is -0.318 e. The van der Waals surface area contributed by atoms with Gasteiger partial charge in [-0.3, -0.25) is 29.8 Å². The number of anilines is 2. The Hall–Kier alpha value is -4.38. The smallest absolute Gasteiger partial charge is 0.318 e. The van der Waals surface area contributed by atoms with Crippen molar-refractivity contribution in [1.82, 2.24) is 21.3 Å². The predicted octanol–water partition coefficient (Wildman–Crippen LogP) is 2.93. The van der Waals surface area contributed by atoms with Gasteiger partial charge in [-0.2, -0.15) is 26.3 Å². The molecule has 0 radical (unpaired) electrons. The third-order valence-corrected chi connectivity index (χ3v) is 6.43. The Balaban J connectivity index is 1.91. The largest absolute Gasteiger partial charge is 0.440 e. The lowest BCUT2D eigenvalue weighted by atomic mass is 10.1. The zero-order valence-electron chi connectivity index (χ0n) is 22.2. The Bertz CT molecular complexity index is 1190. The van der Waals surface area contributed by atoms with E-state index in [0.717, 1.165) is 24.3 Å². The average Bonchev–Trinajstić information content (AvgIpc) is 3.30. The first-order chi connectivity index (χ1) is 19.5. The van der Waals surface area contributed by atoms with Crippen molar-refractivity contribution in [1.29, 1.82) is 0 Å². The Morgan fingerprint density at radius 1 is 0.690 bits per heavy atom. The molecular weight excluding hydrogens is 582 g/mol. The van der Waals surface area contributed by atoms with Crippen molar-refractivity contribution in [2.45, 2.75) is 76.1 Å². The van der Waals surface area contributed by atoms with Crippen molar-refractivity contribution in [3.8, 4) is 0 Å². The lowest BCUT2D eigenvalue weighted by molar-refractivity contribution is -0.201. The van der Waals surface area contributed by atoms with Gasteiger partial charge in [-0.15, -0.1) is 0 Å². The minimum absolute atomic E-state index is 0.0389. The molecule has 3 rings (SSSR count). The number of hydrogen-bond acceptors (Lipinski definition) is 6. The highest BCUT2D eigenvalue weighted by atomic mass is 19.4. The van der Waals surface area contributed by atoms with Crippen molar-refractivity contribution in [2.24, 2.45) is 0 Å². The maximum atomic E-state index is 14.0. The number of nitrogens with zero attached hydrogens (tertiary/aromatic N) is 2. The van der Waals surface area contributed by atoms with Crippen molar-refractivity contribution in [2.75, 3.05) is 9.80 Å². The SMILES string of the molecule is CCCCC(=O)NC1(C(F)(F)F)NC(=O)N(c2ccc(N3C(=O)NC(NC(=O)CCCC)(C(F)(F)F)C3=O)cc2)C1=O. The molecule has 2 heterocycles. The van der Waals surface area contributed by atoms with Gasteiger partial charge in [-0.05, 0) is 37.1 Å². The molecule has 0 bridgehead atoms. The van der Waals surface area contributed by atoms with Gasteiger partial charge in [0.05, 0.1) is 11.4 Å². The predicted molar refractivity (Wildman–Crippen MR) is 131 cm³/mol. The number of benzene rings is 1. The molecule has 42 heavy (non-hydrogen) atoms. The number of halogens is 6. The average molecular weight is 608 g/mol. The molecule has 8 amide bonds. The summed E-state index contributed by atoms with van der Waals surface area (Å²) in [6.45, 7) is 3.35. The van der Waals surface area contributed by atoms with Crippen LogP contribution in [0.3, 0.4) is 0 Å². The normalized spacial score (nSPS) is 22.8. The summed E-state index contributed by atoms with van der Waals surface area (Å²) in [6.07, 6.45) is -10.4. The maximum Gasteiger partial charge on any atom is 0.440 e.